The van der Waals surface area contributed by atoms with Crippen molar-refractivity contribution in [2.24, 2.45) is 5.92 Å². The van der Waals surface area contributed by atoms with Gasteiger partial charge in [0.25, 0.3) is 0 Å². The van der Waals surface area contributed by atoms with Gasteiger partial charge in [-0.2, -0.15) is 5.26 Å². The number of nitriles is 1. The van der Waals surface area contributed by atoms with Gasteiger partial charge in [0.05, 0.1) is 12.2 Å². The number of nitrogens with zero attached hydrogens (tertiary/aromatic N) is 1. The first-order valence-electron chi connectivity index (χ1n) is 4.62. The Morgan fingerprint density at radius 2 is 2.29 bits per heavy atom. The smallest absolute Gasteiger partial charge is 0.144 e. The predicted octanol–water partition coefficient (Wildman–Crippen LogP) is 2.49. The molecule has 1 fully saturated rings. The zero-order chi connectivity index (χ0) is 9.97. The number of benzene rings is 1. The average molecular weight is 191 g/mol. The van der Waals surface area contributed by atoms with Crippen LogP contribution in [0.15, 0.2) is 18.2 Å². The number of ether oxygens (including phenoxy) is 1. The Morgan fingerprint density at radius 1 is 1.50 bits per heavy atom. The molecule has 0 radical (unpaired) electrons. The normalized spacial score (nSPS) is 14.9. The quantitative estimate of drug-likeness (QED) is 0.735. The van der Waals surface area contributed by atoms with E-state index in [2.05, 4.69) is 0 Å². The highest BCUT2D eigenvalue weighted by atomic mass is 19.1. The largest absolute Gasteiger partial charge is 0.493 e. The molecule has 0 aliphatic heterocycles. The first-order chi connectivity index (χ1) is 6.79. The minimum atomic E-state index is -0.513. The van der Waals surface area contributed by atoms with Crippen molar-refractivity contribution in [3.8, 4) is 11.8 Å². The molecule has 2 nitrogen and oxygen atoms in total. The Bertz CT molecular complexity index is 379. The van der Waals surface area contributed by atoms with Crippen molar-refractivity contribution in [1.82, 2.24) is 0 Å². The van der Waals surface area contributed by atoms with Crippen molar-refractivity contribution in [1.29, 1.82) is 5.26 Å². The van der Waals surface area contributed by atoms with Gasteiger partial charge in [0.2, 0.25) is 0 Å². The second-order valence-electron chi connectivity index (χ2n) is 3.51. The summed E-state index contributed by atoms with van der Waals surface area (Å²) in [4.78, 5) is 0. The molecular weight excluding hydrogens is 181 g/mol. The van der Waals surface area contributed by atoms with Crippen LogP contribution in [0.2, 0.25) is 0 Å². The van der Waals surface area contributed by atoms with Crippen molar-refractivity contribution in [2.45, 2.75) is 12.8 Å². The summed E-state index contributed by atoms with van der Waals surface area (Å²) in [5.41, 5.74) is 0.0590. The fourth-order valence-corrected chi connectivity index (χ4v) is 1.17. The molecule has 1 aromatic rings. The standard InChI is InChI=1S/C11H10FNO/c12-11-5-10(4-3-9(11)6-13)14-7-8-1-2-8/h3-5,8H,1-2,7H2. The summed E-state index contributed by atoms with van der Waals surface area (Å²) >= 11 is 0. The van der Waals surface area contributed by atoms with Gasteiger partial charge in [-0.05, 0) is 30.9 Å². The van der Waals surface area contributed by atoms with E-state index in [0.29, 0.717) is 18.3 Å². The van der Waals surface area contributed by atoms with E-state index in [-0.39, 0.29) is 5.56 Å². The Kier molecular flexibility index (Phi) is 2.36. The second-order valence-corrected chi connectivity index (χ2v) is 3.51. The summed E-state index contributed by atoms with van der Waals surface area (Å²) in [6, 6.07) is 6.10. The first-order valence-corrected chi connectivity index (χ1v) is 4.62. The van der Waals surface area contributed by atoms with Crippen LogP contribution in [-0.4, -0.2) is 6.61 Å². The molecule has 3 heteroatoms. The zero-order valence-electron chi connectivity index (χ0n) is 7.66. The highest BCUT2D eigenvalue weighted by molar-refractivity contribution is 5.36. The van der Waals surface area contributed by atoms with Gasteiger partial charge in [-0.25, -0.2) is 4.39 Å². The van der Waals surface area contributed by atoms with Gasteiger partial charge in [-0.3, -0.25) is 0 Å². The molecule has 1 aliphatic carbocycles. The van der Waals surface area contributed by atoms with E-state index in [1.165, 1.54) is 25.0 Å². The molecule has 0 aromatic heterocycles. The lowest BCUT2D eigenvalue weighted by atomic mass is 10.2. The van der Waals surface area contributed by atoms with Crippen molar-refractivity contribution in [3.63, 3.8) is 0 Å². The predicted molar refractivity (Wildman–Crippen MR) is 49.3 cm³/mol. The molecule has 0 spiro atoms. The third-order valence-corrected chi connectivity index (χ3v) is 2.24. The molecule has 0 unspecified atom stereocenters. The third-order valence-electron chi connectivity index (χ3n) is 2.24. The second kappa shape index (κ2) is 3.67. The fourth-order valence-electron chi connectivity index (χ4n) is 1.17. The molecule has 2 rings (SSSR count). The Labute approximate surface area is 81.9 Å². The summed E-state index contributed by atoms with van der Waals surface area (Å²) in [6.07, 6.45) is 2.41. The van der Waals surface area contributed by atoms with E-state index >= 15 is 0 Å². The third kappa shape index (κ3) is 2.02. The summed E-state index contributed by atoms with van der Waals surface area (Å²) in [6.45, 7) is 0.658. The number of hydrogen-bond donors (Lipinski definition) is 0. The first kappa shape index (κ1) is 9.01. The van der Waals surface area contributed by atoms with Crippen LogP contribution in [0.4, 0.5) is 4.39 Å². The van der Waals surface area contributed by atoms with Crippen LogP contribution in [0, 0.1) is 23.1 Å². The molecule has 0 saturated heterocycles. The molecule has 14 heavy (non-hydrogen) atoms. The van der Waals surface area contributed by atoms with Crippen LogP contribution < -0.4 is 4.74 Å². The van der Waals surface area contributed by atoms with Crippen LogP contribution in [0.25, 0.3) is 0 Å². The van der Waals surface area contributed by atoms with Gasteiger partial charge in [-0.15, -0.1) is 0 Å². The highest BCUT2D eigenvalue weighted by Crippen LogP contribution is 2.29. The van der Waals surface area contributed by atoms with Crippen LogP contribution in [-0.2, 0) is 0 Å². The Balaban J connectivity index is 2.03. The lowest BCUT2D eigenvalue weighted by Gasteiger charge is -2.04. The molecule has 1 aromatic carbocycles. The van der Waals surface area contributed by atoms with E-state index in [4.69, 9.17) is 10.00 Å². The lowest BCUT2D eigenvalue weighted by molar-refractivity contribution is 0.298. The highest BCUT2D eigenvalue weighted by Gasteiger charge is 2.21. The molecule has 1 aliphatic rings. The summed E-state index contributed by atoms with van der Waals surface area (Å²) < 4.78 is 18.4. The summed E-state index contributed by atoms with van der Waals surface area (Å²) in [5.74, 6) is 0.642. The van der Waals surface area contributed by atoms with Crippen LogP contribution in [0.3, 0.4) is 0 Å². The monoisotopic (exact) mass is 191 g/mol. The van der Waals surface area contributed by atoms with Crippen molar-refractivity contribution >= 4 is 0 Å². The molecule has 0 N–H and O–H groups in total. The minimum Gasteiger partial charge on any atom is -0.493 e. The number of halogens is 1. The molecular formula is C11H10FNO. The van der Waals surface area contributed by atoms with Gasteiger partial charge in [0.15, 0.2) is 0 Å². The molecule has 0 heterocycles. The topological polar surface area (TPSA) is 33.0 Å². The maximum absolute atomic E-state index is 13.1. The lowest BCUT2D eigenvalue weighted by Crippen LogP contribution is -1.99. The van der Waals surface area contributed by atoms with Crippen LogP contribution in [0.1, 0.15) is 18.4 Å². The summed E-state index contributed by atoms with van der Waals surface area (Å²) in [7, 11) is 0. The fraction of sp³-hybridized carbons (Fsp3) is 0.364. The minimum absolute atomic E-state index is 0.0590. The van der Waals surface area contributed by atoms with Gasteiger partial charge >= 0.3 is 0 Å². The molecule has 0 amide bonds. The van der Waals surface area contributed by atoms with E-state index in [0.717, 1.165) is 0 Å². The molecule has 0 bridgehead atoms. The van der Waals surface area contributed by atoms with Gasteiger partial charge in [-0.1, -0.05) is 0 Å². The van der Waals surface area contributed by atoms with Gasteiger partial charge < -0.3 is 4.74 Å². The maximum atomic E-state index is 13.1. The van der Waals surface area contributed by atoms with Crippen LogP contribution in [0.5, 0.6) is 5.75 Å². The van der Waals surface area contributed by atoms with Crippen molar-refractivity contribution < 1.29 is 9.13 Å². The van der Waals surface area contributed by atoms with Crippen LogP contribution >= 0.6 is 0 Å². The van der Waals surface area contributed by atoms with Gasteiger partial charge in [0, 0.05) is 6.07 Å². The summed E-state index contributed by atoms with van der Waals surface area (Å²) in [5, 5.41) is 8.51. The number of rotatable bonds is 3. The maximum Gasteiger partial charge on any atom is 0.144 e. The molecule has 1 saturated carbocycles. The van der Waals surface area contributed by atoms with E-state index < -0.39 is 5.82 Å². The Morgan fingerprint density at radius 3 is 2.86 bits per heavy atom. The average Bonchev–Trinajstić information content (AvgIpc) is 2.98. The Hall–Kier alpha value is -1.56. The molecule has 72 valence electrons. The SMILES string of the molecule is N#Cc1ccc(OCC2CC2)cc1F. The zero-order valence-corrected chi connectivity index (χ0v) is 7.66. The van der Waals surface area contributed by atoms with Crippen molar-refractivity contribution in [2.75, 3.05) is 6.61 Å². The van der Waals surface area contributed by atoms with Crippen molar-refractivity contribution in [3.05, 3.63) is 29.6 Å². The van der Waals surface area contributed by atoms with E-state index in [1.54, 1.807) is 12.1 Å². The van der Waals surface area contributed by atoms with E-state index in [1.807, 2.05) is 0 Å². The van der Waals surface area contributed by atoms with E-state index in [9.17, 15) is 4.39 Å². The molecule has 0 atom stereocenters. The number of hydrogen-bond acceptors (Lipinski definition) is 2. The van der Waals surface area contributed by atoms with Gasteiger partial charge in [0.1, 0.15) is 17.6 Å².